The molecule has 0 radical (unpaired) electrons. The maximum atomic E-state index is 12.1. The van der Waals surface area contributed by atoms with Gasteiger partial charge in [0.15, 0.2) is 0 Å². The van der Waals surface area contributed by atoms with E-state index in [1.807, 2.05) is 27.7 Å². The smallest absolute Gasteiger partial charge is 0.410 e. The third kappa shape index (κ3) is 6.25. The van der Waals surface area contributed by atoms with Crippen LogP contribution in [-0.4, -0.2) is 42.3 Å². The monoisotopic (exact) mass is 298 g/mol. The first-order chi connectivity index (χ1) is 9.74. The lowest BCUT2D eigenvalue weighted by Crippen LogP contribution is -2.45. The Morgan fingerprint density at radius 2 is 1.95 bits per heavy atom. The summed E-state index contributed by atoms with van der Waals surface area (Å²) >= 11 is 0. The summed E-state index contributed by atoms with van der Waals surface area (Å²) in [7, 11) is 0. The highest BCUT2D eigenvalue weighted by atomic mass is 16.6. The molecule has 0 aromatic carbocycles. The Morgan fingerprint density at radius 3 is 2.52 bits per heavy atom. The lowest BCUT2D eigenvalue weighted by atomic mass is 9.78. The maximum Gasteiger partial charge on any atom is 0.410 e. The van der Waals surface area contributed by atoms with Crippen molar-refractivity contribution >= 4 is 6.09 Å². The summed E-state index contributed by atoms with van der Waals surface area (Å²) in [5.74, 6) is 1.51. The minimum Gasteiger partial charge on any atom is -0.444 e. The molecule has 1 amide bonds. The maximum absolute atomic E-state index is 12.1. The van der Waals surface area contributed by atoms with Crippen LogP contribution >= 0.6 is 0 Å². The normalized spacial score (nSPS) is 26.5. The lowest BCUT2D eigenvalue weighted by Gasteiger charge is -2.35. The third-order valence-corrected chi connectivity index (χ3v) is 4.53. The average Bonchev–Trinajstić information content (AvgIpc) is 2.37. The van der Waals surface area contributed by atoms with Crippen LogP contribution in [0, 0.1) is 11.8 Å². The van der Waals surface area contributed by atoms with E-state index in [4.69, 9.17) is 4.74 Å². The molecule has 0 saturated heterocycles. The van der Waals surface area contributed by atoms with Crippen molar-refractivity contribution in [3.63, 3.8) is 0 Å². The second-order valence-corrected chi connectivity index (χ2v) is 7.39. The van der Waals surface area contributed by atoms with Crippen molar-refractivity contribution < 1.29 is 9.53 Å². The van der Waals surface area contributed by atoms with Crippen LogP contribution in [0.2, 0.25) is 0 Å². The number of carbonyl (C=O) groups is 1. The molecule has 0 aromatic heterocycles. The fourth-order valence-electron chi connectivity index (χ4n) is 2.96. The molecular formula is C17H34N2O2. The molecule has 0 heterocycles. The summed E-state index contributed by atoms with van der Waals surface area (Å²) in [5, 5.41) is 3.63. The Morgan fingerprint density at radius 1 is 1.29 bits per heavy atom. The van der Waals surface area contributed by atoms with E-state index in [-0.39, 0.29) is 6.09 Å². The van der Waals surface area contributed by atoms with Gasteiger partial charge in [0, 0.05) is 25.7 Å². The summed E-state index contributed by atoms with van der Waals surface area (Å²) in [6.45, 7) is 14.6. The van der Waals surface area contributed by atoms with E-state index in [0.29, 0.717) is 19.1 Å². The molecule has 0 bridgehead atoms. The molecule has 21 heavy (non-hydrogen) atoms. The average molecular weight is 298 g/mol. The molecule has 3 atom stereocenters. The molecule has 1 N–H and O–H groups in total. The van der Waals surface area contributed by atoms with Crippen LogP contribution in [0.4, 0.5) is 4.79 Å². The minimum atomic E-state index is -0.425. The second kappa shape index (κ2) is 8.02. The van der Waals surface area contributed by atoms with Gasteiger partial charge in [0.2, 0.25) is 0 Å². The number of ether oxygens (including phenoxy) is 1. The predicted molar refractivity (Wildman–Crippen MR) is 87.5 cm³/mol. The van der Waals surface area contributed by atoms with Gasteiger partial charge in [-0.05, 0) is 46.0 Å². The zero-order chi connectivity index (χ0) is 16.0. The predicted octanol–water partition coefficient (Wildman–Crippen LogP) is 3.66. The van der Waals surface area contributed by atoms with E-state index in [9.17, 15) is 4.79 Å². The van der Waals surface area contributed by atoms with Crippen molar-refractivity contribution in [3.05, 3.63) is 0 Å². The van der Waals surface area contributed by atoms with Crippen molar-refractivity contribution in [1.29, 1.82) is 0 Å². The Bertz CT molecular complexity index is 325. The minimum absolute atomic E-state index is 0.211. The number of likely N-dealkylation sites (N-methyl/N-ethyl adjacent to an activating group) is 1. The van der Waals surface area contributed by atoms with Gasteiger partial charge in [-0.25, -0.2) is 4.79 Å². The van der Waals surface area contributed by atoms with Crippen molar-refractivity contribution in [1.82, 2.24) is 10.2 Å². The van der Waals surface area contributed by atoms with Gasteiger partial charge >= 0.3 is 6.09 Å². The molecule has 1 fully saturated rings. The molecular weight excluding hydrogens is 264 g/mol. The summed E-state index contributed by atoms with van der Waals surface area (Å²) < 4.78 is 5.43. The molecule has 0 aliphatic heterocycles. The van der Waals surface area contributed by atoms with Gasteiger partial charge in [-0.1, -0.05) is 26.7 Å². The number of amides is 1. The number of hydrogen-bond donors (Lipinski definition) is 1. The van der Waals surface area contributed by atoms with Crippen LogP contribution < -0.4 is 5.32 Å². The van der Waals surface area contributed by atoms with Gasteiger partial charge in [0.05, 0.1) is 0 Å². The zero-order valence-corrected chi connectivity index (χ0v) is 14.7. The van der Waals surface area contributed by atoms with E-state index in [1.165, 1.54) is 19.3 Å². The quantitative estimate of drug-likeness (QED) is 0.842. The zero-order valence-electron chi connectivity index (χ0n) is 14.7. The fraction of sp³-hybridized carbons (Fsp3) is 0.941. The second-order valence-electron chi connectivity index (χ2n) is 7.39. The highest BCUT2D eigenvalue weighted by Crippen LogP contribution is 2.29. The first kappa shape index (κ1) is 18.3. The topological polar surface area (TPSA) is 41.6 Å². The van der Waals surface area contributed by atoms with Crippen molar-refractivity contribution in [2.45, 2.75) is 72.4 Å². The highest BCUT2D eigenvalue weighted by Gasteiger charge is 2.27. The molecule has 1 aliphatic carbocycles. The Labute approximate surface area is 130 Å². The Hall–Kier alpha value is -0.770. The van der Waals surface area contributed by atoms with Crippen LogP contribution in [-0.2, 0) is 4.74 Å². The van der Waals surface area contributed by atoms with Crippen LogP contribution in [0.3, 0.4) is 0 Å². The van der Waals surface area contributed by atoms with Crippen LogP contribution in [0.15, 0.2) is 0 Å². The molecule has 0 aromatic rings. The summed E-state index contributed by atoms with van der Waals surface area (Å²) in [4.78, 5) is 13.8. The fourth-order valence-corrected chi connectivity index (χ4v) is 2.96. The Balaban J connectivity index is 2.36. The molecule has 1 saturated carbocycles. The van der Waals surface area contributed by atoms with E-state index < -0.39 is 5.60 Å². The van der Waals surface area contributed by atoms with E-state index in [1.54, 1.807) is 4.90 Å². The third-order valence-electron chi connectivity index (χ3n) is 4.53. The molecule has 4 nitrogen and oxygen atoms in total. The standard InChI is InChI=1S/C17H34N2O2/c1-7-19(16(20)21-17(4,5)6)12-11-18-15-10-8-9-13(2)14(15)3/h13-15,18H,7-12H2,1-6H3. The number of rotatable bonds is 5. The first-order valence-electron chi connectivity index (χ1n) is 8.46. The molecule has 1 aliphatic rings. The molecule has 1 rings (SSSR count). The van der Waals surface area contributed by atoms with Gasteiger partial charge in [0.1, 0.15) is 5.60 Å². The van der Waals surface area contributed by atoms with Crippen molar-refractivity contribution in [2.75, 3.05) is 19.6 Å². The van der Waals surface area contributed by atoms with E-state index in [2.05, 4.69) is 19.2 Å². The number of hydrogen-bond acceptors (Lipinski definition) is 3. The number of nitrogens with one attached hydrogen (secondary N) is 1. The summed E-state index contributed by atoms with van der Waals surface area (Å²) in [5.41, 5.74) is -0.425. The lowest BCUT2D eigenvalue weighted by molar-refractivity contribution is 0.0258. The SMILES string of the molecule is CCN(CCNC1CCCC(C)C1C)C(=O)OC(C)(C)C. The largest absolute Gasteiger partial charge is 0.444 e. The van der Waals surface area contributed by atoms with Gasteiger partial charge in [0.25, 0.3) is 0 Å². The Kier molecular flexibility index (Phi) is 6.98. The number of nitrogens with zero attached hydrogens (tertiary/aromatic N) is 1. The van der Waals surface area contributed by atoms with E-state index in [0.717, 1.165) is 18.4 Å². The van der Waals surface area contributed by atoms with Crippen LogP contribution in [0.25, 0.3) is 0 Å². The van der Waals surface area contributed by atoms with Gasteiger partial charge in [-0.3, -0.25) is 0 Å². The van der Waals surface area contributed by atoms with E-state index >= 15 is 0 Å². The molecule has 124 valence electrons. The summed E-state index contributed by atoms with van der Waals surface area (Å²) in [6, 6.07) is 0.589. The number of carbonyl (C=O) groups excluding carboxylic acids is 1. The van der Waals surface area contributed by atoms with Crippen molar-refractivity contribution in [2.24, 2.45) is 11.8 Å². The summed E-state index contributed by atoms with van der Waals surface area (Å²) in [6.07, 6.45) is 3.70. The van der Waals surface area contributed by atoms with Gasteiger partial charge < -0.3 is 15.0 Å². The van der Waals surface area contributed by atoms with Crippen LogP contribution in [0.5, 0.6) is 0 Å². The van der Waals surface area contributed by atoms with Crippen molar-refractivity contribution in [3.8, 4) is 0 Å². The highest BCUT2D eigenvalue weighted by molar-refractivity contribution is 5.68. The molecule has 0 spiro atoms. The molecule has 3 unspecified atom stereocenters. The van der Waals surface area contributed by atoms with Crippen LogP contribution in [0.1, 0.15) is 60.8 Å². The molecule has 4 heteroatoms. The first-order valence-corrected chi connectivity index (χ1v) is 8.46. The van der Waals surface area contributed by atoms with Gasteiger partial charge in [-0.15, -0.1) is 0 Å². The van der Waals surface area contributed by atoms with Gasteiger partial charge in [-0.2, -0.15) is 0 Å².